The molecule has 1 aromatic rings. The van der Waals surface area contributed by atoms with Gasteiger partial charge in [-0.05, 0) is 26.3 Å². The van der Waals surface area contributed by atoms with E-state index in [-0.39, 0.29) is 11.9 Å². The summed E-state index contributed by atoms with van der Waals surface area (Å²) in [5, 5.41) is 0. The smallest absolute Gasteiger partial charge is 0.332 e. The number of thioether (sulfide) groups is 1. The lowest BCUT2D eigenvalue weighted by atomic mass is 9.92. The van der Waals surface area contributed by atoms with Gasteiger partial charge in [0.05, 0.1) is 6.61 Å². The van der Waals surface area contributed by atoms with Gasteiger partial charge in [0.15, 0.2) is 5.54 Å². The first-order chi connectivity index (χ1) is 10.5. The highest BCUT2D eigenvalue weighted by Crippen LogP contribution is 2.58. The molecule has 22 heavy (non-hydrogen) atoms. The van der Waals surface area contributed by atoms with E-state index >= 15 is 0 Å². The average Bonchev–Trinajstić information content (AvgIpc) is 2.93. The molecular formula is C17H21NO3S. The van der Waals surface area contributed by atoms with Crippen LogP contribution in [0, 0.1) is 0 Å². The first-order valence-corrected chi connectivity index (χ1v) is 8.75. The topological polar surface area (TPSA) is 46.6 Å². The fourth-order valence-electron chi connectivity index (χ4n) is 3.69. The second-order valence-electron chi connectivity index (χ2n) is 5.96. The van der Waals surface area contributed by atoms with Crippen molar-refractivity contribution in [2.75, 3.05) is 12.4 Å². The molecule has 2 atom stereocenters. The van der Waals surface area contributed by atoms with Crippen LogP contribution in [-0.4, -0.2) is 34.7 Å². The SMILES string of the molecule is CCC[C@@]1(C(=O)OCC)CS[C@]2(C)c3ccccc3C(=O)N12. The van der Waals surface area contributed by atoms with Crippen molar-refractivity contribution in [2.45, 2.75) is 44.0 Å². The lowest BCUT2D eigenvalue weighted by Gasteiger charge is -2.38. The Morgan fingerprint density at radius 2 is 2.09 bits per heavy atom. The molecule has 2 heterocycles. The number of rotatable bonds is 4. The Bertz CT molecular complexity index is 632. The Hall–Kier alpha value is -1.49. The zero-order valence-electron chi connectivity index (χ0n) is 13.2. The van der Waals surface area contributed by atoms with Crippen molar-refractivity contribution in [1.82, 2.24) is 4.90 Å². The largest absolute Gasteiger partial charge is 0.464 e. The van der Waals surface area contributed by atoms with Crippen molar-refractivity contribution in [2.24, 2.45) is 0 Å². The maximum Gasteiger partial charge on any atom is 0.332 e. The van der Waals surface area contributed by atoms with Crippen molar-refractivity contribution in [3.05, 3.63) is 35.4 Å². The summed E-state index contributed by atoms with van der Waals surface area (Å²) >= 11 is 1.67. The number of carbonyl (C=O) groups is 2. The number of carbonyl (C=O) groups excluding carboxylic acids is 2. The molecule has 0 spiro atoms. The van der Waals surface area contributed by atoms with E-state index in [1.54, 1.807) is 23.6 Å². The molecule has 0 unspecified atom stereocenters. The number of hydrogen-bond acceptors (Lipinski definition) is 4. The maximum absolute atomic E-state index is 13.0. The average molecular weight is 319 g/mol. The van der Waals surface area contributed by atoms with Crippen molar-refractivity contribution in [3.8, 4) is 0 Å². The van der Waals surface area contributed by atoms with Crippen LogP contribution < -0.4 is 0 Å². The first-order valence-electron chi connectivity index (χ1n) is 7.76. The van der Waals surface area contributed by atoms with E-state index in [1.165, 1.54) is 0 Å². The second-order valence-corrected chi connectivity index (χ2v) is 7.33. The van der Waals surface area contributed by atoms with Crippen LogP contribution >= 0.6 is 11.8 Å². The molecule has 0 radical (unpaired) electrons. The highest BCUT2D eigenvalue weighted by molar-refractivity contribution is 8.00. The van der Waals surface area contributed by atoms with E-state index in [1.807, 2.05) is 38.1 Å². The first kappa shape index (κ1) is 15.4. The minimum Gasteiger partial charge on any atom is -0.464 e. The van der Waals surface area contributed by atoms with Gasteiger partial charge in [0.25, 0.3) is 5.91 Å². The molecule has 1 saturated heterocycles. The maximum atomic E-state index is 13.0. The number of amides is 1. The van der Waals surface area contributed by atoms with Gasteiger partial charge in [-0.1, -0.05) is 31.5 Å². The van der Waals surface area contributed by atoms with Gasteiger partial charge in [-0.15, -0.1) is 11.8 Å². The van der Waals surface area contributed by atoms with Gasteiger partial charge in [0.2, 0.25) is 0 Å². The minimum absolute atomic E-state index is 0.0513. The van der Waals surface area contributed by atoms with Crippen LogP contribution in [0.15, 0.2) is 24.3 Å². The zero-order chi connectivity index (χ0) is 16.0. The Labute approximate surface area is 135 Å². The summed E-state index contributed by atoms with van der Waals surface area (Å²) in [5.41, 5.74) is 0.870. The summed E-state index contributed by atoms with van der Waals surface area (Å²) in [6, 6.07) is 7.67. The monoisotopic (exact) mass is 319 g/mol. The number of ether oxygens (including phenoxy) is 1. The quantitative estimate of drug-likeness (QED) is 0.800. The molecule has 0 aliphatic carbocycles. The molecule has 1 amide bonds. The molecule has 0 aromatic heterocycles. The number of esters is 1. The predicted octanol–water partition coefficient (Wildman–Crippen LogP) is 3.16. The minimum atomic E-state index is -0.847. The molecule has 118 valence electrons. The summed E-state index contributed by atoms with van der Waals surface area (Å²) in [5.74, 6) is 0.273. The standard InChI is InChI=1S/C17H21NO3S/c1-4-10-17(15(20)21-5-2)11-22-16(3)13-9-7-6-8-12(13)14(19)18(16)17/h6-9H,4-5,10-11H2,1-3H3/t16-,17+/m1/s1. The Kier molecular flexibility index (Phi) is 3.71. The molecule has 2 aliphatic heterocycles. The summed E-state index contributed by atoms with van der Waals surface area (Å²) in [6.07, 6.45) is 1.46. The molecule has 4 nitrogen and oxygen atoms in total. The molecule has 3 rings (SSSR count). The van der Waals surface area contributed by atoms with Gasteiger partial charge in [-0.25, -0.2) is 4.79 Å². The van der Waals surface area contributed by atoms with Crippen LogP contribution in [0.25, 0.3) is 0 Å². The van der Waals surface area contributed by atoms with Crippen molar-refractivity contribution < 1.29 is 14.3 Å². The third-order valence-corrected chi connectivity index (χ3v) is 6.21. The van der Waals surface area contributed by atoms with Crippen LogP contribution in [0.3, 0.4) is 0 Å². The molecule has 1 aromatic carbocycles. The van der Waals surface area contributed by atoms with E-state index in [4.69, 9.17) is 4.74 Å². The van der Waals surface area contributed by atoms with Gasteiger partial charge >= 0.3 is 5.97 Å². The number of benzene rings is 1. The van der Waals surface area contributed by atoms with Crippen molar-refractivity contribution >= 4 is 23.6 Å². The molecule has 0 bridgehead atoms. The lowest BCUT2D eigenvalue weighted by Crippen LogP contribution is -2.57. The van der Waals surface area contributed by atoms with Gasteiger partial charge < -0.3 is 9.64 Å². The molecule has 1 fully saturated rings. The fourth-order valence-corrected chi connectivity index (χ4v) is 5.32. The Morgan fingerprint density at radius 1 is 1.36 bits per heavy atom. The zero-order valence-corrected chi connectivity index (χ0v) is 14.0. The summed E-state index contributed by atoms with van der Waals surface area (Å²) < 4.78 is 5.34. The molecule has 0 N–H and O–H groups in total. The van der Waals surface area contributed by atoms with Gasteiger partial charge in [0, 0.05) is 16.9 Å². The van der Waals surface area contributed by atoms with Crippen LogP contribution in [0.2, 0.25) is 0 Å². The van der Waals surface area contributed by atoms with E-state index < -0.39 is 10.4 Å². The van der Waals surface area contributed by atoms with Crippen molar-refractivity contribution in [1.29, 1.82) is 0 Å². The Balaban J connectivity index is 2.11. The summed E-state index contributed by atoms with van der Waals surface area (Å²) in [7, 11) is 0. The third kappa shape index (κ3) is 1.84. The van der Waals surface area contributed by atoms with Crippen LogP contribution in [0.4, 0.5) is 0 Å². The van der Waals surface area contributed by atoms with Crippen LogP contribution in [0.5, 0.6) is 0 Å². The van der Waals surface area contributed by atoms with Crippen molar-refractivity contribution in [3.63, 3.8) is 0 Å². The van der Waals surface area contributed by atoms with E-state index in [9.17, 15) is 9.59 Å². The summed E-state index contributed by atoms with van der Waals surface area (Å²) in [6.45, 7) is 6.22. The van der Waals surface area contributed by atoms with Gasteiger partial charge in [0.1, 0.15) is 4.87 Å². The number of fused-ring (bicyclic) bond motifs is 3. The van der Waals surface area contributed by atoms with Crippen LogP contribution in [0.1, 0.15) is 49.5 Å². The highest BCUT2D eigenvalue weighted by atomic mass is 32.2. The van der Waals surface area contributed by atoms with Crippen LogP contribution in [-0.2, 0) is 14.4 Å². The lowest BCUT2D eigenvalue weighted by molar-refractivity contribution is -0.156. The summed E-state index contributed by atoms with van der Waals surface area (Å²) in [4.78, 5) is 27.0. The Morgan fingerprint density at radius 3 is 2.77 bits per heavy atom. The second kappa shape index (κ2) is 5.30. The fraction of sp³-hybridized carbons (Fsp3) is 0.529. The normalized spacial score (nSPS) is 29.4. The van der Waals surface area contributed by atoms with Gasteiger partial charge in [-0.3, -0.25) is 4.79 Å². The molecule has 5 heteroatoms. The van der Waals surface area contributed by atoms with E-state index in [0.717, 1.165) is 12.0 Å². The third-order valence-electron chi connectivity index (χ3n) is 4.63. The predicted molar refractivity (Wildman–Crippen MR) is 86.7 cm³/mol. The number of hydrogen-bond donors (Lipinski definition) is 0. The van der Waals surface area contributed by atoms with Gasteiger partial charge in [-0.2, -0.15) is 0 Å². The number of nitrogens with zero attached hydrogens (tertiary/aromatic N) is 1. The highest BCUT2D eigenvalue weighted by Gasteiger charge is 2.64. The van der Waals surface area contributed by atoms with E-state index in [2.05, 4.69) is 0 Å². The molecule has 0 saturated carbocycles. The van der Waals surface area contributed by atoms with E-state index in [0.29, 0.717) is 24.3 Å². The molecule has 2 aliphatic rings. The molecular weight excluding hydrogens is 298 g/mol.